The number of hydrogen-bond donors (Lipinski definition) is 1. The molecule has 2 N–H and O–H groups in total. The zero-order valence-corrected chi connectivity index (χ0v) is 11.3. The first-order chi connectivity index (χ1) is 8.09. The molecule has 0 atom stereocenters. The van der Waals surface area contributed by atoms with E-state index >= 15 is 0 Å². The third-order valence-electron chi connectivity index (χ3n) is 4.15. The van der Waals surface area contributed by atoms with Crippen molar-refractivity contribution >= 4 is 0 Å². The van der Waals surface area contributed by atoms with Gasteiger partial charge in [0.15, 0.2) is 0 Å². The van der Waals surface area contributed by atoms with E-state index in [1.165, 1.54) is 55.2 Å². The molecule has 0 radical (unpaired) electrons. The predicted octanol–water partition coefficient (Wildman–Crippen LogP) is 3.90. The van der Waals surface area contributed by atoms with Gasteiger partial charge in [0, 0.05) is 5.54 Å². The van der Waals surface area contributed by atoms with Gasteiger partial charge in [-0.2, -0.15) is 0 Å². The van der Waals surface area contributed by atoms with E-state index in [1.54, 1.807) is 0 Å². The molecule has 94 valence electrons. The van der Waals surface area contributed by atoms with Crippen LogP contribution < -0.4 is 5.73 Å². The van der Waals surface area contributed by atoms with E-state index in [2.05, 4.69) is 32.0 Å². The second kappa shape index (κ2) is 5.22. The molecule has 17 heavy (non-hydrogen) atoms. The molecule has 1 nitrogen and oxygen atoms in total. The molecule has 0 heterocycles. The summed E-state index contributed by atoms with van der Waals surface area (Å²) in [6.45, 7) is 4.37. The smallest absolute Gasteiger partial charge is 0.0195 e. The first-order valence-electron chi connectivity index (χ1n) is 6.94. The van der Waals surface area contributed by atoms with Gasteiger partial charge in [0.25, 0.3) is 0 Å². The maximum Gasteiger partial charge on any atom is 0.0195 e. The topological polar surface area (TPSA) is 26.0 Å². The van der Waals surface area contributed by atoms with Gasteiger partial charge in [0.2, 0.25) is 0 Å². The van der Waals surface area contributed by atoms with E-state index in [4.69, 9.17) is 5.73 Å². The minimum atomic E-state index is 0.0506. The van der Waals surface area contributed by atoms with Crippen LogP contribution in [-0.2, 0) is 6.42 Å². The number of aryl methyl sites for hydroxylation is 2. The Morgan fingerprint density at radius 2 is 1.71 bits per heavy atom. The first kappa shape index (κ1) is 12.6. The van der Waals surface area contributed by atoms with Crippen molar-refractivity contribution in [2.75, 3.05) is 0 Å². The van der Waals surface area contributed by atoms with Crippen molar-refractivity contribution in [1.29, 1.82) is 0 Å². The maximum absolute atomic E-state index is 6.61. The van der Waals surface area contributed by atoms with Crippen molar-refractivity contribution in [2.24, 2.45) is 5.73 Å². The molecular weight excluding hydrogens is 206 g/mol. The molecule has 0 saturated heterocycles. The lowest BCUT2D eigenvalue weighted by Gasteiger charge is -2.29. The zero-order valence-electron chi connectivity index (χ0n) is 11.3. The molecule has 0 bridgehead atoms. The highest BCUT2D eigenvalue weighted by molar-refractivity contribution is 5.32. The summed E-state index contributed by atoms with van der Waals surface area (Å²) in [5, 5.41) is 0. The molecule has 2 rings (SSSR count). The lowest BCUT2D eigenvalue weighted by molar-refractivity contribution is 0.368. The molecule has 0 aromatic heterocycles. The molecule has 1 aliphatic rings. The Kier molecular flexibility index (Phi) is 3.88. The Balaban J connectivity index is 2.15. The van der Waals surface area contributed by atoms with Crippen molar-refractivity contribution in [3.63, 3.8) is 0 Å². The Morgan fingerprint density at radius 1 is 1.06 bits per heavy atom. The number of nitrogens with two attached hydrogens (primary N) is 1. The van der Waals surface area contributed by atoms with Crippen LogP contribution in [0.1, 0.15) is 55.2 Å². The van der Waals surface area contributed by atoms with Crippen LogP contribution in [0.3, 0.4) is 0 Å². The maximum atomic E-state index is 6.61. The summed E-state index contributed by atoms with van der Waals surface area (Å²) < 4.78 is 0. The highest BCUT2D eigenvalue weighted by Crippen LogP contribution is 2.29. The number of rotatable bonds is 2. The highest BCUT2D eigenvalue weighted by Gasteiger charge is 2.26. The van der Waals surface area contributed by atoms with Gasteiger partial charge in [-0.1, -0.05) is 49.4 Å². The van der Waals surface area contributed by atoms with Crippen LogP contribution in [0.25, 0.3) is 0 Å². The van der Waals surface area contributed by atoms with Crippen molar-refractivity contribution in [1.82, 2.24) is 0 Å². The summed E-state index contributed by atoms with van der Waals surface area (Å²) in [4.78, 5) is 0. The quantitative estimate of drug-likeness (QED) is 0.768. The average Bonchev–Trinajstić information content (AvgIpc) is 2.49. The van der Waals surface area contributed by atoms with Crippen molar-refractivity contribution < 1.29 is 0 Å². The largest absolute Gasteiger partial charge is 0.325 e. The Hall–Kier alpha value is -0.820. The molecule has 0 spiro atoms. The van der Waals surface area contributed by atoms with Crippen molar-refractivity contribution in [3.8, 4) is 0 Å². The second-order valence-corrected chi connectivity index (χ2v) is 5.88. The molecule has 1 aliphatic carbocycles. The van der Waals surface area contributed by atoms with Crippen LogP contribution in [0.15, 0.2) is 18.2 Å². The van der Waals surface area contributed by atoms with Crippen LogP contribution in [0.5, 0.6) is 0 Å². The first-order valence-corrected chi connectivity index (χ1v) is 6.94. The highest BCUT2D eigenvalue weighted by atomic mass is 14.7. The van der Waals surface area contributed by atoms with Crippen molar-refractivity contribution in [3.05, 3.63) is 34.9 Å². The van der Waals surface area contributed by atoms with E-state index < -0.39 is 0 Å². The van der Waals surface area contributed by atoms with Gasteiger partial charge in [-0.3, -0.25) is 0 Å². The molecule has 0 amide bonds. The normalized spacial score (nSPS) is 19.9. The van der Waals surface area contributed by atoms with Crippen LogP contribution in [-0.4, -0.2) is 5.54 Å². The van der Waals surface area contributed by atoms with E-state index in [9.17, 15) is 0 Å². The van der Waals surface area contributed by atoms with Gasteiger partial charge < -0.3 is 5.73 Å². The Labute approximate surface area is 105 Å². The number of hydrogen-bond acceptors (Lipinski definition) is 1. The molecule has 0 unspecified atom stereocenters. The van der Waals surface area contributed by atoms with Crippen LogP contribution >= 0.6 is 0 Å². The molecule has 1 fully saturated rings. The summed E-state index contributed by atoms with van der Waals surface area (Å²) >= 11 is 0. The Morgan fingerprint density at radius 3 is 2.35 bits per heavy atom. The third-order valence-corrected chi connectivity index (χ3v) is 4.15. The molecule has 0 aliphatic heterocycles. The molecule has 1 heteroatoms. The fourth-order valence-electron chi connectivity index (χ4n) is 2.98. The Bertz CT molecular complexity index is 373. The van der Waals surface area contributed by atoms with E-state index in [0.717, 1.165) is 6.42 Å². The summed E-state index contributed by atoms with van der Waals surface area (Å²) in [7, 11) is 0. The summed E-state index contributed by atoms with van der Waals surface area (Å²) in [6, 6.07) is 6.73. The second-order valence-electron chi connectivity index (χ2n) is 5.88. The summed E-state index contributed by atoms with van der Waals surface area (Å²) in [5.41, 5.74) is 10.9. The zero-order chi connectivity index (χ0) is 12.3. The summed E-state index contributed by atoms with van der Waals surface area (Å²) in [6.07, 6.45) is 8.79. The molecule has 1 aromatic rings. The fraction of sp³-hybridized carbons (Fsp3) is 0.625. The van der Waals surface area contributed by atoms with Crippen LogP contribution in [0, 0.1) is 13.8 Å². The SMILES string of the molecule is Cc1ccc(C)c(CC2(N)CCCCCC2)c1. The minimum absolute atomic E-state index is 0.0506. The predicted molar refractivity (Wildman–Crippen MR) is 74.2 cm³/mol. The van der Waals surface area contributed by atoms with Gasteiger partial charge in [0.1, 0.15) is 0 Å². The van der Waals surface area contributed by atoms with Gasteiger partial charge in [-0.05, 0) is 44.2 Å². The monoisotopic (exact) mass is 231 g/mol. The van der Waals surface area contributed by atoms with E-state index in [1.807, 2.05) is 0 Å². The standard InChI is InChI=1S/C16H25N/c1-13-7-8-14(2)15(11-13)12-16(17)9-5-3-4-6-10-16/h7-8,11H,3-6,9-10,12,17H2,1-2H3. The van der Waals surface area contributed by atoms with E-state index in [-0.39, 0.29) is 5.54 Å². The van der Waals surface area contributed by atoms with Gasteiger partial charge in [-0.25, -0.2) is 0 Å². The minimum Gasteiger partial charge on any atom is -0.325 e. The van der Waals surface area contributed by atoms with Gasteiger partial charge in [0.05, 0.1) is 0 Å². The lowest BCUT2D eigenvalue weighted by atomic mass is 9.83. The van der Waals surface area contributed by atoms with Crippen LogP contribution in [0.4, 0.5) is 0 Å². The lowest BCUT2D eigenvalue weighted by Crippen LogP contribution is -2.41. The fourth-order valence-corrected chi connectivity index (χ4v) is 2.98. The van der Waals surface area contributed by atoms with Gasteiger partial charge in [-0.15, -0.1) is 0 Å². The van der Waals surface area contributed by atoms with E-state index in [0.29, 0.717) is 0 Å². The number of benzene rings is 1. The average molecular weight is 231 g/mol. The summed E-state index contributed by atoms with van der Waals surface area (Å²) in [5.74, 6) is 0. The van der Waals surface area contributed by atoms with Crippen molar-refractivity contribution in [2.45, 2.75) is 64.3 Å². The molecule has 1 saturated carbocycles. The molecule has 1 aromatic carbocycles. The third kappa shape index (κ3) is 3.32. The van der Waals surface area contributed by atoms with Gasteiger partial charge >= 0.3 is 0 Å². The molecular formula is C16H25N. The van der Waals surface area contributed by atoms with Crippen LogP contribution in [0.2, 0.25) is 0 Å².